The molecule has 0 saturated carbocycles. The molecule has 2 atom stereocenters. The van der Waals surface area contributed by atoms with Crippen molar-refractivity contribution in [1.82, 2.24) is 5.32 Å². The first kappa shape index (κ1) is 22.8. The molecule has 1 heterocycles. The summed E-state index contributed by atoms with van der Waals surface area (Å²) in [6.07, 6.45) is 1.85. The maximum atomic E-state index is 12.2. The van der Waals surface area contributed by atoms with Gasteiger partial charge in [0.25, 0.3) is 0 Å². The Balaban J connectivity index is 1.73. The van der Waals surface area contributed by atoms with Gasteiger partial charge in [0, 0.05) is 17.5 Å². The highest BCUT2D eigenvalue weighted by atomic mass is 16.6. The normalized spacial score (nSPS) is 13.5. The lowest BCUT2D eigenvalue weighted by Crippen LogP contribution is -2.38. The van der Waals surface area contributed by atoms with Gasteiger partial charge < -0.3 is 14.5 Å². The Kier molecular flexibility index (Phi) is 7.69. The number of hydrogen-bond acceptors (Lipinski definition) is 4. The molecule has 3 aromatic rings. The third-order valence-corrected chi connectivity index (χ3v) is 5.23. The van der Waals surface area contributed by atoms with E-state index in [2.05, 4.69) is 42.6 Å². The molecule has 0 radical (unpaired) electrons. The van der Waals surface area contributed by atoms with Crippen LogP contribution in [0.5, 0.6) is 0 Å². The average Bonchev–Trinajstić information content (AvgIpc) is 3.22. The van der Waals surface area contributed by atoms with Crippen LogP contribution in [-0.2, 0) is 16.0 Å². The fourth-order valence-corrected chi connectivity index (χ4v) is 3.68. The van der Waals surface area contributed by atoms with Crippen molar-refractivity contribution in [3.8, 4) is 11.3 Å². The van der Waals surface area contributed by atoms with Crippen LogP contribution in [-0.4, -0.2) is 24.2 Å². The number of nitrogens with one attached hydrogen (secondary N) is 1. The zero-order valence-electron chi connectivity index (χ0n) is 18.9. The quantitative estimate of drug-likeness (QED) is 0.433. The van der Waals surface area contributed by atoms with Crippen LogP contribution in [0.25, 0.3) is 11.3 Å². The molecule has 1 aromatic heterocycles. The molecular weight excluding hydrogens is 386 g/mol. The molecule has 0 spiro atoms. The summed E-state index contributed by atoms with van der Waals surface area (Å²) in [5, 5.41) is 3.35. The molecule has 0 amide bonds. The van der Waals surface area contributed by atoms with E-state index in [9.17, 15) is 4.79 Å². The number of carbonyl (C=O) groups is 1. The van der Waals surface area contributed by atoms with Crippen LogP contribution >= 0.6 is 0 Å². The zero-order valence-corrected chi connectivity index (χ0v) is 18.9. The van der Waals surface area contributed by atoms with Crippen LogP contribution in [0.15, 0.2) is 77.2 Å². The highest BCUT2D eigenvalue weighted by molar-refractivity contribution is 5.72. The number of carbonyl (C=O) groups excluding carboxylic acids is 1. The van der Waals surface area contributed by atoms with E-state index < -0.39 is 5.60 Å². The minimum Gasteiger partial charge on any atom is -0.461 e. The van der Waals surface area contributed by atoms with Gasteiger partial charge in [0.05, 0.1) is 6.54 Å². The van der Waals surface area contributed by atoms with Crippen LogP contribution in [0.4, 0.5) is 0 Å². The number of rotatable bonds is 9. The largest absolute Gasteiger partial charge is 0.461 e. The van der Waals surface area contributed by atoms with Gasteiger partial charge in [0.2, 0.25) is 0 Å². The topological polar surface area (TPSA) is 51.5 Å². The first-order valence-corrected chi connectivity index (χ1v) is 11.0. The third-order valence-electron chi connectivity index (χ3n) is 5.23. The Hall–Kier alpha value is -2.85. The molecule has 0 bridgehead atoms. The number of esters is 1. The predicted molar refractivity (Wildman–Crippen MR) is 125 cm³/mol. The van der Waals surface area contributed by atoms with E-state index >= 15 is 0 Å². The first-order valence-electron chi connectivity index (χ1n) is 11.0. The fourth-order valence-electron chi connectivity index (χ4n) is 3.68. The van der Waals surface area contributed by atoms with Gasteiger partial charge in [0.15, 0.2) is 0 Å². The molecule has 164 valence electrons. The van der Waals surface area contributed by atoms with Gasteiger partial charge in [-0.2, -0.15) is 0 Å². The molecule has 3 rings (SSSR count). The summed E-state index contributed by atoms with van der Waals surface area (Å²) < 4.78 is 11.7. The van der Waals surface area contributed by atoms with Crippen LogP contribution in [0, 0.1) is 0 Å². The van der Waals surface area contributed by atoms with E-state index in [-0.39, 0.29) is 24.5 Å². The summed E-state index contributed by atoms with van der Waals surface area (Å²) in [6, 6.07) is 24.7. The summed E-state index contributed by atoms with van der Waals surface area (Å²) in [7, 11) is 0. The second-order valence-electron chi connectivity index (χ2n) is 8.95. The minimum absolute atomic E-state index is 0.0472. The molecule has 4 nitrogen and oxygen atoms in total. The molecule has 2 aromatic carbocycles. The van der Waals surface area contributed by atoms with Gasteiger partial charge in [-0.3, -0.25) is 4.79 Å². The van der Waals surface area contributed by atoms with Crippen molar-refractivity contribution < 1.29 is 13.9 Å². The van der Waals surface area contributed by atoms with Crippen molar-refractivity contribution >= 4 is 5.97 Å². The first-order chi connectivity index (χ1) is 14.8. The number of ether oxygens (including phenoxy) is 1. The lowest BCUT2D eigenvalue weighted by molar-refractivity contribution is -0.153. The van der Waals surface area contributed by atoms with Gasteiger partial charge in [0.1, 0.15) is 17.1 Å². The smallest absolute Gasteiger partial charge is 0.320 e. The van der Waals surface area contributed by atoms with Gasteiger partial charge in [-0.25, -0.2) is 0 Å². The van der Waals surface area contributed by atoms with E-state index in [1.54, 1.807) is 0 Å². The van der Waals surface area contributed by atoms with E-state index in [0.29, 0.717) is 0 Å². The van der Waals surface area contributed by atoms with E-state index in [1.807, 2.05) is 63.2 Å². The molecular formula is C27H33NO3. The SMILES string of the molecule is CC(NCC(=O)OC(C)(C)C)C(CCc1ccccc1)c1ccc(-c2ccccc2)o1. The predicted octanol–water partition coefficient (Wildman–Crippen LogP) is 5.98. The number of benzene rings is 2. The van der Waals surface area contributed by atoms with Crippen molar-refractivity contribution in [2.75, 3.05) is 6.54 Å². The standard InChI is InChI=1S/C27H33NO3/c1-20(28-19-26(29)31-27(2,3)4)23(16-15-21-11-7-5-8-12-21)25-18-17-24(30-25)22-13-9-6-10-14-22/h5-14,17-18,20,23,28H,15-16,19H2,1-4H3. The summed E-state index contributed by atoms with van der Waals surface area (Å²) in [6.45, 7) is 7.91. The highest BCUT2D eigenvalue weighted by Gasteiger charge is 2.24. The number of hydrogen-bond donors (Lipinski definition) is 1. The lowest BCUT2D eigenvalue weighted by atomic mass is 9.91. The van der Waals surface area contributed by atoms with Crippen molar-refractivity contribution in [1.29, 1.82) is 0 Å². The summed E-state index contributed by atoms with van der Waals surface area (Å²) in [4.78, 5) is 12.2. The Morgan fingerprint density at radius 2 is 1.61 bits per heavy atom. The van der Waals surface area contributed by atoms with Gasteiger partial charge >= 0.3 is 5.97 Å². The average molecular weight is 420 g/mol. The van der Waals surface area contributed by atoms with Crippen LogP contribution in [0.2, 0.25) is 0 Å². The van der Waals surface area contributed by atoms with Crippen LogP contribution in [0.1, 0.15) is 51.4 Å². The van der Waals surface area contributed by atoms with Crippen LogP contribution in [0.3, 0.4) is 0 Å². The second kappa shape index (κ2) is 10.5. The van der Waals surface area contributed by atoms with Crippen molar-refractivity contribution in [3.05, 3.63) is 84.1 Å². The molecule has 4 heteroatoms. The summed E-state index contributed by atoms with van der Waals surface area (Å²) >= 11 is 0. The van der Waals surface area contributed by atoms with Crippen molar-refractivity contribution in [2.45, 2.75) is 58.1 Å². The fraction of sp³-hybridized carbons (Fsp3) is 0.370. The van der Waals surface area contributed by atoms with Crippen molar-refractivity contribution in [2.24, 2.45) is 0 Å². The maximum absolute atomic E-state index is 12.2. The maximum Gasteiger partial charge on any atom is 0.320 e. The summed E-state index contributed by atoms with van der Waals surface area (Å²) in [5.74, 6) is 1.67. The molecule has 0 fully saturated rings. The second-order valence-corrected chi connectivity index (χ2v) is 8.95. The molecule has 0 aliphatic rings. The summed E-state index contributed by atoms with van der Waals surface area (Å²) in [5.41, 5.74) is 1.87. The molecule has 31 heavy (non-hydrogen) atoms. The molecule has 2 unspecified atom stereocenters. The van der Waals surface area contributed by atoms with Crippen molar-refractivity contribution in [3.63, 3.8) is 0 Å². The Morgan fingerprint density at radius 1 is 0.968 bits per heavy atom. The molecule has 0 saturated heterocycles. The van der Waals surface area contributed by atoms with E-state index in [1.165, 1.54) is 5.56 Å². The van der Waals surface area contributed by atoms with Crippen LogP contribution < -0.4 is 5.32 Å². The molecule has 0 aliphatic carbocycles. The third kappa shape index (κ3) is 7.11. The van der Waals surface area contributed by atoms with E-state index in [0.717, 1.165) is 29.9 Å². The Labute approximate surface area is 185 Å². The number of aryl methyl sites for hydroxylation is 1. The zero-order chi connectivity index (χ0) is 22.3. The van der Waals surface area contributed by atoms with Gasteiger partial charge in [-0.15, -0.1) is 0 Å². The minimum atomic E-state index is -0.486. The van der Waals surface area contributed by atoms with Gasteiger partial charge in [-0.1, -0.05) is 60.7 Å². The highest BCUT2D eigenvalue weighted by Crippen LogP contribution is 2.31. The van der Waals surface area contributed by atoms with Gasteiger partial charge in [-0.05, 0) is 58.2 Å². The Morgan fingerprint density at radius 3 is 2.26 bits per heavy atom. The Bertz CT molecular complexity index is 941. The van der Waals surface area contributed by atoms with E-state index in [4.69, 9.17) is 9.15 Å². The molecule has 0 aliphatic heterocycles. The monoisotopic (exact) mass is 419 g/mol. The molecule has 1 N–H and O–H groups in total. The number of furan rings is 1. The lowest BCUT2D eigenvalue weighted by Gasteiger charge is -2.25.